The smallest absolute Gasteiger partial charge is 0.243 e. The Morgan fingerprint density at radius 1 is 1.10 bits per heavy atom. The van der Waals surface area contributed by atoms with E-state index in [0.717, 1.165) is 10.6 Å². The maximum Gasteiger partial charge on any atom is 0.243 e. The molecule has 5 heteroatoms. The molecule has 2 N–H and O–H groups in total. The van der Waals surface area contributed by atoms with Gasteiger partial charge in [-0.15, -0.1) is 11.8 Å². The van der Waals surface area contributed by atoms with Crippen LogP contribution in [0.25, 0.3) is 0 Å². The highest BCUT2D eigenvalue weighted by atomic mass is 32.2. The number of para-hydroxylation sites is 2. The molecule has 1 amide bonds. The zero-order valence-corrected chi connectivity index (χ0v) is 11.8. The molecule has 0 unspecified atom stereocenters. The fraction of sp³-hybridized carbons (Fsp3) is 0.133. The van der Waals surface area contributed by atoms with Crippen LogP contribution in [0.1, 0.15) is 0 Å². The van der Waals surface area contributed by atoms with Gasteiger partial charge in [0.25, 0.3) is 0 Å². The molecule has 0 spiro atoms. The van der Waals surface area contributed by atoms with Crippen molar-refractivity contribution in [3.05, 3.63) is 54.3 Å². The van der Waals surface area contributed by atoms with E-state index in [0.29, 0.717) is 0 Å². The molecule has 2 aromatic carbocycles. The van der Waals surface area contributed by atoms with Crippen LogP contribution in [0, 0.1) is 5.82 Å². The number of carbonyl (C=O) groups is 1. The fourth-order valence-corrected chi connectivity index (χ4v) is 2.30. The molecule has 0 aliphatic rings. The Hall–Kier alpha value is -2.01. The van der Waals surface area contributed by atoms with E-state index in [1.165, 1.54) is 12.1 Å². The number of hydrogen-bond donors (Lipinski definition) is 2. The van der Waals surface area contributed by atoms with Crippen LogP contribution >= 0.6 is 11.8 Å². The first-order valence-corrected chi connectivity index (χ1v) is 7.34. The van der Waals surface area contributed by atoms with E-state index in [2.05, 4.69) is 10.6 Å². The Labute approximate surface area is 121 Å². The molecule has 20 heavy (non-hydrogen) atoms. The average molecular weight is 290 g/mol. The van der Waals surface area contributed by atoms with Crippen molar-refractivity contribution < 1.29 is 9.18 Å². The number of hydrogen-bond acceptors (Lipinski definition) is 3. The van der Waals surface area contributed by atoms with Gasteiger partial charge < -0.3 is 10.6 Å². The van der Waals surface area contributed by atoms with Crippen molar-refractivity contribution in [3.8, 4) is 0 Å². The number of benzene rings is 2. The SMILES string of the molecule is CSc1ccccc1NCC(=O)Nc1ccccc1F. The van der Waals surface area contributed by atoms with Gasteiger partial charge in [-0.3, -0.25) is 4.79 Å². The summed E-state index contributed by atoms with van der Waals surface area (Å²) in [5, 5.41) is 5.58. The number of anilines is 2. The van der Waals surface area contributed by atoms with E-state index in [1.807, 2.05) is 30.5 Å². The Morgan fingerprint density at radius 3 is 2.45 bits per heavy atom. The van der Waals surface area contributed by atoms with Crippen LogP contribution in [0.2, 0.25) is 0 Å². The maximum absolute atomic E-state index is 13.4. The summed E-state index contributed by atoms with van der Waals surface area (Å²) in [6, 6.07) is 13.8. The quantitative estimate of drug-likeness (QED) is 0.827. The van der Waals surface area contributed by atoms with Gasteiger partial charge in [0, 0.05) is 10.6 Å². The van der Waals surface area contributed by atoms with Gasteiger partial charge >= 0.3 is 0 Å². The number of rotatable bonds is 5. The van der Waals surface area contributed by atoms with E-state index in [-0.39, 0.29) is 18.1 Å². The van der Waals surface area contributed by atoms with Gasteiger partial charge in [0.15, 0.2) is 0 Å². The van der Waals surface area contributed by atoms with Crippen molar-refractivity contribution in [1.29, 1.82) is 0 Å². The molecule has 0 heterocycles. The first-order chi connectivity index (χ1) is 9.70. The van der Waals surface area contributed by atoms with Gasteiger partial charge in [0.1, 0.15) is 5.82 Å². The monoisotopic (exact) mass is 290 g/mol. The van der Waals surface area contributed by atoms with Crippen molar-refractivity contribution >= 4 is 29.0 Å². The Bertz CT molecular complexity index is 604. The number of nitrogens with one attached hydrogen (secondary N) is 2. The summed E-state index contributed by atoms with van der Waals surface area (Å²) in [7, 11) is 0. The largest absolute Gasteiger partial charge is 0.375 e. The molecule has 0 aliphatic heterocycles. The second-order valence-corrected chi connectivity index (χ2v) is 4.93. The highest BCUT2D eigenvalue weighted by Gasteiger charge is 2.07. The minimum atomic E-state index is -0.439. The summed E-state index contributed by atoms with van der Waals surface area (Å²) in [5.41, 5.74) is 1.08. The van der Waals surface area contributed by atoms with Gasteiger partial charge in [-0.25, -0.2) is 4.39 Å². The minimum absolute atomic E-state index is 0.0892. The third kappa shape index (κ3) is 3.74. The molecule has 0 aromatic heterocycles. The number of amides is 1. The molecule has 3 nitrogen and oxygen atoms in total. The van der Waals surface area contributed by atoms with Gasteiger partial charge in [-0.2, -0.15) is 0 Å². The lowest BCUT2D eigenvalue weighted by atomic mass is 10.3. The molecule has 2 rings (SSSR count). The zero-order chi connectivity index (χ0) is 14.4. The first-order valence-electron chi connectivity index (χ1n) is 6.12. The molecule has 0 radical (unpaired) electrons. The summed E-state index contributed by atoms with van der Waals surface area (Å²) >= 11 is 1.60. The zero-order valence-electron chi connectivity index (χ0n) is 11.0. The third-order valence-corrected chi connectivity index (χ3v) is 3.49. The molecular formula is C15H15FN2OS. The van der Waals surface area contributed by atoms with Gasteiger partial charge in [-0.05, 0) is 30.5 Å². The molecule has 0 atom stereocenters. The van der Waals surface area contributed by atoms with Crippen LogP contribution in [0.4, 0.5) is 15.8 Å². The number of carbonyl (C=O) groups excluding carboxylic acids is 1. The lowest BCUT2D eigenvalue weighted by Gasteiger charge is -2.11. The van der Waals surface area contributed by atoms with E-state index in [4.69, 9.17) is 0 Å². The summed E-state index contributed by atoms with van der Waals surface area (Å²) in [4.78, 5) is 12.9. The standard InChI is InChI=1S/C15H15FN2OS/c1-20-14-9-5-4-8-13(14)17-10-15(19)18-12-7-3-2-6-11(12)16/h2-9,17H,10H2,1H3,(H,18,19). The van der Waals surface area contributed by atoms with Crippen molar-refractivity contribution in [3.63, 3.8) is 0 Å². The third-order valence-electron chi connectivity index (χ3n) is 2.69. The van der Waals surface area contributed by atoms with Crippen LogP contribution < -0.4 is 10.6 Å². The van der Waals surface area contributed by atoms with Gasteiger partial charge in [-0.1, -0.05) is 24.3 Å². The molecule has 0 bridgehead atoms. The van der Waals surface area contributed by atoms with E-state index < -0.39 is 5.82 Å². The lowest BCUT2D eigenvalue weighted by molar-refractivity contribution is -0.114. The molecule has 2 aromatic rings. The fourth-order valence-electron chi connectivity index (χ4n) is 1.72. The minimum Gasteiger partial charge on any atom is -0.375 e. The summed E-state index contributed by atoms with van der Waals surface area (Å²) < 4.78 is 13.4. The van der Waals surface area contributed by atoms with Gasteiger partial charge in [0.05, 0.1) is 12.2 Å². The van der Waals surface area contributed by atoms with E-state index in [1.54, 1.807) is 23.9 Å². The second-order valence-electron chi connectivity index (χ2n) is 4.08. The topological polar surface area (TPSA) is 41.1 Å². The van der Waals surface area contributed by atoms with Crippen LogP contribution in [-0.2, 0) is 4.79 Å². The van der Waals surface area contributed by atoms with Gasteiger partial charge in [0.2, 0.25) is 5.91 Å². The van der Waals surface area contributed by atoms with Crippen molar-refractivity contribution in [2.75, 3.05) is 23.4 Å². The molecular weight excluding hydrogens is 275 g/mol. The Balaban J connectivity index is 1.94. The molecule has 104 valence electrons. The Morgan fingerprint density at radius 2 is 1.75 bits per heavy atom. The van der Waals surface area contributed by atoms with Crippen LogP contribution in [-0.4, -0.2) is 18.7 Å². The second kappa shape index (κ2) is 6.96. The highest BCUT2D eigenvalue weighted by Crippen LogP contribution is 2.24. The Kier molecular flexibility index (Phi) is 5.01. The van der Waals surface area contributed by atoms with Crippen molar-refractivity contribution in [2.24, 2.45) is 0 Å². The summed E-state index contributed by atoms with van der Waals surface area (Å²) in [5.74, 6) is -0.726. The van der Waals surface area contributed by atoms with Crippen LogP contribution in [0.3, 0.4) is 0 Å². The lowest BCUT2D eigenvalue weighted by Crippen LogP contribution is -2.22. The molecule has 0 fully saturated rings. The van der Waals surface area contributed by atoms with Crippen molar-refractivity contribution in [2.45, 2.75) is 4.90 Å². The maximum atomic E-state index is 13.4. The molecule has 0 saturated heterocycles. The molecule has 0 aliphatic carbocycles. The van der Waals surface area contributed by atoms with Crippen LogP contribution in [0.15, 0.2) is 53.4 Å². The number of halogens is 1. The predicted octanol–water partition coefficient (Wildman–Crippen LogP) is 3.60. The molecule has 0 saturated carbocycles. The van der Waals surface area contributed by atoms with E-state index in [9.17, 15) is 9.18 Å². The average Bonchev–Trinajstić information content (AvgIpc) is 2.48. The highest BCUT2D eigenvalue weighted by molar-refractivity contribution is 7.98. The van der Waals surface area contributed by atoms with E-state index >= 15 is 0 Å². The summed E-state index contributed by atoms with van der Waals surface area (Å²) in [6.45, 7) is 0.0892. The van der Waals surface area contributed by atoms with Crippen molar-refractivity contribution in [1.82, 2.24) is 0 Å². The normalized spacial score (nSPS) is 10.1. The predicted molar refractivity (Wildman–Crippen MR) is 81.7 cm³/mol. The first kappa shape index (κ1) is 14.4. The van der Waals surface area contributed by atoms with Crippen LogP contribution in [0.5, 0.6) is 0 Å². The number of thioether (sulfide) groups is 1. The summed E-state index contributed by atoms with van der Waals surface area (Å²) in [6.07, 6.45) is 1.97.